The van der Waals surface area contributed by atoms with Crippen molar-refractivity contribution in [3.8, 4) is 0 Å². The molecule has 0 bridgehead atoms. The number of amides is 2. The highest BCUT2D eigenvalue weighted by Gasteiger charge is 2.26. The molecule has 0 fully saturated rings. The number of nitro groups is 1. The summed E-state index contributed by atoms with van der Waals surface area (Å²) in [6.45, 7) is 5.81. The van der Waals surface area contributed by atoms with Gasteiger partial charge in [0, 0.05) is 30.4 Å². The highest BCUT2D eigenvalue weighted by molar-refractivity contribution is 7.99. The number of rotatable bonds is 11. The van der Waals surface area contributed by atoms with Crippen LogP contribution in [0, 0.1) is 16.0 Å². The Balaban J connectivity index is 1.63. The number of nitro benzene ring substituents is 1. The minimum Gasteiger partial charge on any atom is -0.462 e. The lowest BCUT2D eigenvalue weighted by molar-refractivity contribution is -0.384. The highest BCUT2D eigenvalue weighted by atomic mass is 32.2. The summed E-state index contributed by atoms with van der Waals surface area (Å²) in [6, 6.07) is 11.3. The smallest absolute Gasteiger partial charge is 0.338 e. The number of aromatic nitrogens is 3. The minimum absolute atomic E-state index is 0.0536. The molecule has 1 atom stereocenters. The van der Waals surface area contributed by atoms with Crippen LogP contribution in [0.1, 0.15) is 53.4 Å². The Morgan fingerprint density at radius 2 is 1.82 bits per heavy atom. The molecule has 0 saturated carbocycles. The first-order valence-electron chi connectivity index (χ1n) is 11.7. The van der Waals surface area contributed by atoms with Gasteiger partial charge in [-0.3, -0.25) is 19.7 Å². The van der Waals surface area contributed by atoms with Crippen molar-refractivity contribution in [3.05, 3.63) is 75.6 Å². The monoisotopic (exact) mass is 540 g/mol. The number of carbonyl (C=O) groups excluding carboxylic acids is 3. The molecule has 1 aromatic heterocycles. The zero-order valence-electron chi connectivity index (χ0n) is 21.3. The molecule has 0 radical (unpaired) electrons. The molecule has 0 aliphatic carbocycles. The van der Waals surface area contributed by atoms with Gasteiger partial charge in [0.2, 0.25) is 5.91 Å². The average molecular weight is 541 g/mol. The molecule has 1 heterocycles. The summed E-state index contributed by atoms with van der Waals surface area (Å²) in [5.41, 5.74) is 0.909. The summed E-state index contributed by atoms with van der Waals surface area (Å²) in [5, 5.41) is 25.6. The van der Waals surface area contributed by atoms with Gasteiger partial charge in [0.1, 0.15) is 0 Å². The van der Waals surface area contributed by atoms with E-state index < -0.39 is 22.8 Å². The molecule has 0 aliphatic heterocycles. The van der Waals surface area contributed by atoms with E-state index in [1.165, 1.54) is 36.0 Å². The first-order chi connectivity index (χ1) is 18.1. The summed E-state index contributed by atoms with van der Waals surface area (Å²) in [5.74, 6) is -0.714. The Morgan fingerprint density at radius 3 is 2.45 bits per heavy atom. The van der Waals surface area contributed by atoms with Crippen molar-refractivity contribution in [1.82, 2.24) is 20.1 Å². The number of non-ortho nitro benzene ring substituents is 1. The lowest BCUT2D eigenvalue weighted by Gasteiger charge is -2.21. The van der Waals surface area contributed by atoms with Crippen LogP contribution >= 0.6 is 11.8 Å². The Kier molecular flexibility index (Phi) is 9.55. The van der Waals surface area contributed by atoms with Crippen LogP contribution in [0.3, 0.4) is 0 Å². The second kappa shape index (κ2) is 12.8. The van der Waals surface area contributed by atoms with Crippen molar-refractivity contribution in [2.75, 3.05) is 17.7 Å². The Morgan fingerprint density at radius 1 is 1.11 bits per heavy atom. The highest BCUT2D eigenvalue weighted by Crippen LogP contribution is 2.25. The zero-order chi connectivity index (χ0) is 27.8. The van der Waals surface area contributed by atoms with E-state index in [0.29, 0.717) is 22.2 Å². The van der Waals surface area contributed by atoms with Crippen molar-refractivity contribution < 1.29 is 24.0 Å². The first kappa shape index (κ1) is 28.3. The number of benzene rings is 2. The fourth-order valence-electron chi connectivity index (χ4n) is 3.47. The van der Waals surface area contributed by atoms with Crippen molar-refractivity contribution in [3.63, 3.8) is 0 Å². The molecule has 0 aliphatic rings. The number of carbonyl (C=O) groups is 3. The number of ether oxygens (including phenoxy) is 1. The van der Waals surface area contributed by atoms with E-state index in [-0.39, 0.29) is 35.4 Å². The third-order valence-corrected chi connectivity index (χ3v) is 6.45. The number of thioether (sulfide) groups is 1. The topological polar surface area (TPSA) is 158 Å². The normalized spacial score (nSPS) is 11.6. The maximum atomic E-state index is 12.8. The molecule has 13 heteroatoms. The van der Waals surface area contributed by atoms with E-state index in [1.807, 2.05) is 13.8 Å². The fraction of sp³-hybridized carbons (Fsp3) is 0.320. The summed E-state index contributed by atoms with van der Waals surface area (Å²) in [6.07, 6.45) is 0. The second-order valence-corrected chi connectivity index (χ2v) is 9.48. The fourth-order valence-corrected chi connectivity index (χ4v) is 4.19. The Labute approximate surface area is 223 Å². The number of hydrogen-bond acceptors (Lipinski definition) is 9. The average Bonchev–Trinajstić information content (AvgIpc) is 3.25. The van der Waals surface area contributed by atoms with Crippen LogP contribution in [0.5, 0.6) is 0 Å². The molecule has 0 saturated heterocycles. The van der Waals surface area contributed by atoms with E-state index in [9.17, 15) is 24.5 Å². The van der Waals surface area contributed by atoms with Crippen LogP contribution in [0.4, 0.5) is 11.4 Å². The van der Waals surface area contributed by atoms with Gasteiger partial charge in [0.05, 0.1) is 28.9 Å². The molecule has 3 aromatic rings. The first-order valence-corrected chi connectivity index (χ1v) is 12.7. The predicted molar refractivity (Wildman–Crippen MR) is 141 cm³/mol. The number of nitrogens with zero attached hydrogens (tertiary/aromatic N) is 4. The Bertz CT molecular complexity index is 1320. The van der Waals surface area contributed by atoms with Crippen LogP contribution in [-0.4, -0.2) is 49.8 Å². The van der Waals surface area contributed by atoms with Gasteiger partial charge >= 0.3 is 5.97 Å². The predicted octanol–water partition coefficient (Wildman–Crippen LogP) is 3.76. The lowest BCUT2D eigenvalue weighted by atomic mass is 10.0. The third kappa shape index (κ3) is 7.16. The van der Waals surface area contributed by atoms with Gasteiger partial charge in [0.15, 0.2) is 11.0 Å². The largest absolute Gasteiger partial charge is 0.462 e. The summed E-state index contributed by atoms with van der Waals surface area (Å²) >= 11 is 1.17. The zero-order valence-corrected chi connectivity index (χ0v) is 22.2. The molecule has 2 aromatic carbocycles. The maximum Gasteiger partial charge on any atom is 0.338 e. The van der Waals surface area contributed by atoms with E-state index in [4.69, 9.17) is 4.74 Å². The van der Waals surface area contributed by atoms with Crippen LogP contribution in [0.15, 0.2) is 53.7 Å². The van der Waals surface area contributed by atoms with Gasteiger partial charge in [-0.1, -0.05) is 31.7 Å². The number of hydrogen-bond donors (Lipinski definition) is 2. The van der Waals surface area contributed by atoms with Crippen LogP contribution in [0.25, 0.3) is 0 Å². The SMILES string of the molecule is CCOC(=O)c1ccc(NC(=O)CSc2nnc([C@H](NC(=O)c3cccc([N+](=O)[O-])c3)C(C)C)n2C)cc1. The van der Waals surface area contributed by atoms with E-state index >= 15 is 0 Å². The van der Waals surface area contributed by atoms with Crippen molar-refractivity contribution in [2.24, 2.45) is 13.0 Å². The van der Waals surface area contributed by atoms with Crippen LogP contribution in [0.2, 0.25) is 0 Å². The molecule has 38 heavy (non-hydrogen) atoms. The third-order valence-electron chi connectivity index (χ3n) is 5.43. The molecule has 2 N–H and O–H groups in total. The molecule has 0 spiro atoms. The van der Waals surface area contributed by atoms with E-state index in [2.05, 4.69) is 20.8 Å². The quantitative estimate of drug-likeness (QED) is 0.160. The second-order valence-electron chi connectivity index (χ2n) is 8.54. The van der Waals surface area contributed by atoms with Gasteiger partial charge in [0.25, 0.3) is 11.6 Å². The Hall–Kier alpha value is -4.26. The number of esters is 1. The van der Waals surface area contributed by atoms with E-state index in [0.717, 1.165) is 0 Å². The van der Waals surface area contributed by atoms with Crippen LogP contribution in [-0.2, 0) is 16.6 Å². The van der Waals surface area contributed by atoms with Gasteiger partial charge in [-0.2, -0.15) is 0 Å². The van der Waals surface area contributed by atoms with Gasteiger partial charge in [-0.15, -0.1) is 10.2 Å². The number of anilines is 1. The molecule has 200 valence electrons. The standard InChI is InChI=1S/C25H28N6O6S/c1-5-37-24(34)16-9-11-18(12-10-16)26-20(32)14-38-25-29-28-22(30(25)4)21(15(2)3)27-23(33)17-7-6-8-19(13-17)31(35)36/h6-13,15,21H,5,14H2,1-4H3,(H,26,32)(H,27,33)/t21-/m1/s1. The van der Waals surface area contributed by atoms with Gasteiger partial charge in [-0.05, 0) is 43.2 Å². The van der Waals surface area contributed by atoms with Crippen molar-refractivity contribution >= 4 is 40.9 Å². The number of nitrogens with one attached hydrogen (secondary N) is 2. The summed E-state index contributed by atoms with van der Waals surface area (Å²) in [7, 11) is 1.73. The molecule has 12 nitrogen and oxygen atoms in total. The van der Waals surface area contributed by atoms with E-state index in [1.54, 1.807) is 42.8 Å². The molecular formula is C25H28N6O6S. The molecule has 2 amide bonds. The molecule has 0 unspecified atom stereocenters. The lowest BCUT2D eigenvalue weighted by Crippen LogP contribution is -2.33. The summed E-state index contributed by atoms with van der Waals surface area (Å²) < 4.78 is 6.64. The van der Waals surface area contributed by atoms with Crippen molar-refractivity contribution in [1.29, 1.82) is 0 Å². The van der Waals surface area contributed by atoms with Gasteiger partial charge < -0.3 is 19.9 Å². The summed E-state index contributed by atoms with van der Waals surface area (Å²) in [4.78, 5) is 47.5. The minimum atomic E-state index is -0.558. The van der Waals surface area contributed by atoms with Crippen LogP contribution < -0.4 is 10.6 Å². The molecular weight excluding hydrogens is 512 g/mol. The van der Waals surface area contributed by atoms with Crippen molar-refractivity contribution in [2.45, 2.75) is 32.0 Å². The van der Waals surface area contributed by atoms with Gasteiger partial charge in [-0.25, -0.2) is 4.79 Å². The molecule has 3 rings (SSSR count). The maximum absolute atomic E-state index is 12.8.